The van der Waals surface area contributed by atoms with E-state index in [0.29, 0.717) is 12.1 Å². The van der Waals surface area contributed by atoms with Crippen LogP contribution < -0.4 is 5.32 Å². The number of nitrogens with one attached hydrogen (secondary N) is 1. The second-order valence-electron chi connectivity index (χ2n) is 4.08. The maximum absolute atomic E-state index is 4.44. The first-order chi connectivity index (χ1) is 6.85. The summed E-state index contributed by atoms with van der Waals surface area (Å²) in [5, 5.41) is 7.82. The van der Waals surface area contributed by atoms with E-state index in [-0.39, 0.29) is 0 Å². The van der Waals surface area contributed by atoms with Crippen molar-refractivity contribution in [3.8, 4) is 0 Å². The van der Waals surface area contributed by atoms with Crippen LogP contribution in [-0.4, -0.2) is 22.9 Å². The quantitative estimate of drug-likeness (QED) is 0.792. The van der Waals surface area contributed by atoms with Crippen LogP contribution in [0.2, 0.25) is 0 Å². The second-order valence-corrected chi connectivity index (χ2v) is 4.08. The molecule has 0 aliphatic heterocycles. The molecule has 1 saturated carbocycles. The Hall–Kier alpha value is -0.830. The SMILES string of the molecule is CCc1cnn(C2CCCC2NC)c1. The van der Waals surface area contributed by atoms with Crippen LogP contribution in [0.25, 0.3) is 0 Å². The Morgan fingerprint density at radius 1 is 1.57 bits per heavy atom. The van der Waals surface area contributed by atoms with Crippen LogP contribution in [0.3, 0.4) is 0 Å². The molecule has 1 N–H and O–H groups in total. The molecular formula is C11H19N3. The first-order valence-corrected chi connectivity index (χ1v) is 5.55. The van der Waals surface area contributed by atoms with Crippen molar-refractivity contribution in [3.63, 3.8) is 0 Å². The average Bonchev–Trinajstić information content (AvgIpc) is 2.85. The van der Waals surface area contributed by atoms with E-state index in [1.54, 1.807) is 0 Å². The molecule has 0 spiro atoms. The van der Waals surface area contributed by atoms with Crippen LogP contribution in [0.15, 0.2) is 12.4 Å². The zero-order valence-corrected chi connectivity index (χ0v) is 9.03. The Balaban J connectivity index is 2.13. The van der Waals surface area contributed by atoms with Gasteiger partial charge in [0.1, 0.15) is 0 Å². The maximum Gasteiger partial charge on any atom is 0.0672 e. The summed E-state index contributed by atoms with van der Waals surface area (Å²) in [6.45, 7) is 2.17. The minimum absolute atomic E-state index is 0.570. The van der Waals surface area contributed by atoms with Crippen molar-refractivity contribution < 1.29 is 0 Å². The molecule has 0 bridgehead atoms. The summed E-state index contributed by atoms with van der Waals surface area (Å²) in [6.07, 6.45) is 9.12. The summed E-state index contributed by atoms with van der Waals surface area (Å²) in [5.41, 5.74) is 1.34. The smallest absolute Gasteiger partial charge is 0.0672 e. The van der Waals surface area contributed by atoms with E-state index in [2.05, 4.69) is 28.2 Å². The van der Waals surface area contributed by atoms with Crippen molar-refractivity contribution in [1.29, 1.82) is 0 Å². The minimum atomic E-state index is 0.570. The van der Waals surface area contributed by atoms with Gasteiger partial charge in [0.05, 0.1) is 12.2 Å². The monoisotopic (exact) mass is 193 g/mol. The van der Waals surface area contributed by atoms with Gasteiger partial charge in [0, 0.05) is 12.2 Å². The number of hydrogen-bond donors (Lipinski definition) is 1. The molecule has 78 valence electrons. The first-order valence-electron chi connectivity index (χ1n) is 5.55. The molecule has 1 heterocycles. The third-order valence-electron chi connectivity index (χ3n) is 3.25. The lowest BCUT2D eigenvalue weighted by atomic mass is 10.2. The van der Waals surface area contributed by atoms with E-state index >= 15 is 0 Å². The number of likely N-dealkylation sites (N-methyl/N-ethyl adjacent to an activating group) is 1. The van der Waals surface area contributed by atoms with Crippen molar-refractivity contribution in [2.45, 2.75) is 44.7 Å². The number of rotatable bonds is 3. The van der Waals surface area contributed by atoms with E-state index < -0.39 is 0 Å². The van der Waals surface area contributed by atoms with Gasteiger partial charge in [-0.15, -0.1) is 0 Å². The number of aromatic nitrogens is 2. The van der Waals surface area contributed by atoms with Gasteiger partial charge < -0.3 is 5.32 Å². The molecule has 0 radical (unpaired) electrons. The van der Waals surface area contributed by atoms with Gasteiger partial charge >= 0.3 is 0 Å². The maximum atomic E-state index is 4.44. The van der Waals surface area contributed by atoms with Crippen molar-refractivity contribution in [2.75, 3.05) is 7.05 Å². The lowest BCUT2D eigenvalue weighted by Gasteiger charge is -2.19. The molecule has 3 nitrogen and oxygen atoms in total. The molecule has 3 heteroatoms. The Labute approximate surface area is 85.5 Å². The molecule has 1 aromatic heterocycles. The van der Waals surface area contributed by atoms with Gasteiger partial charge in [0.15, 0.2) is 0 Å². The molecule has 2 rings (SSSR count). The molecule has 1 aliphatic rings. The van der Waals surface area contributed by atoms with Crippen LogP contribution in [0.4, 0.5) is 0 Å². The van der Waals surface area contributed by atoms with Gasteiger partial charge in [0.2, 0.25) is 0 Å². The van der Waals surface area contributed by atoms with Crippen LogP contribution in [0, 0.1) is 0 Å². The van der Waals surface area contributed by atoms with Crippen molar-refractivity contribution >= 4 is 0 Å². The van der Waals surface area contributed by atoms with Crippen molar-refractivity contribution in [2.24, 2.45) is 0 Å². The van der Waals surface area contributed by atoms with E-state index in [9.17, 15) is 0 Å². The first kappa shape index (κ1) is 9.71. The van der Waals surface area contributed by atoms with Gasteiger partial charge in [-0.3, -0.25) is 4.68 Å². The third-order valence-corrected chi connectivity index (χ3v) is 3.25. The van der Waals surface area contributed by atoms with Gasteiger partial charge in [0.25, 0.3) is 0 Å². The molecule has 2 unspecified atom stereocenters. The molecule has 1 aliphatic carbocycles. The summed E-state index contributed by atoms with van der Waals surface area (Å²) < 4.78 is 2.15. The second kappa shape index (κ2) is 4.13. The van der Waals surface area contributed by atoms with Crippen molar-refractivity contribution in [1.82, 2.24) is 15.1 Å². The topological polar surface area (TPSA) is 29.9 Å². The number of nitrogens with zero attached hydrogens (tertiary/aromatic N) is 2. The zero-order chi connectivity index (χ0) is 9.97. The standard InChI is InChI=1S/C11H19N3/c1-3-9-7-13-14(8-9)11-6-4-5-10(11)12-2/h7-8,10-12H,3-6H2,1-2H3. The Bertz CT molecular complexity index is 292. The van der Waals surface area contributed by atoms with Gasteiger partial charge in [-0.25, -0.2) is 0 Å². The fraction of sp³-hybridized carbons (Fsp3) is 0.727. The number of hydrogen-bond acceptors (Lipinski definition) is 2. The largest absolute Gasteiger partial charge is 0.315 e. The summed E-state index contributed by atoms with van der Waals surface area (Å²) in [6, 6.07) is 1.18. The summed E-state index contributed by atoms with van der Waals surface area (Å²) in [7, 11) is 2.05. The zero-order valence-electron chi connectivity index (χ0n) is 9.03. The normalized spacial score (nSPS) is 27.0. The highest BCUT2D eigenvalue weighted by Crippen LogP contribution is 2.29. The molecule has 0 saturated heterocycles. The predicted molar refractivity (Wildman–Crippen MR) is 57.3 cm³/mol. The molecule has 2 atom stereocenters. The highest BCUT2D eigenvalue weighted by atomic mass is 15.3. The lowest BCUT2D eigenvalue weighted by molar-refractivity contribution is 0.383. The molecular weight excluding hydrogens is 174 g/mol. The van der Waals surface area contributed by atoms with Gasteiger partial charge in [-0.2, -0.15) is 5.10 Å². The van der Waals surface area contributed by atoms with Gasteiger partial charge in [-0.05, 0) is 38.3 Å². The fourth-order valence-corrected chi connectivity index (χ4v) is 2.34. The van der Waals surface area contributed by atoms with Crippen LogP contribution in [-0.2, 0) is 6.42 Å². The molecule has 1 fully saturated rings. The Kier molecular flexibility index (Phi) is 2.87. The molecule has 0 aromatic carbocycles. The predicted octanol–water partition coefficient (Wildman–Crippen LogP) is 1.76. The summed E-state index contributed by atoms with van der Waals surface area (Å²) in [4.78, 5) is 0. The van der Waals surface area contributed by atoms with Gasteiger partial charge in [-0.1, -0.05) is 6.92 Å². The van der Waals surface area contributed by atoms with Crippen molar-refractivity contribution in [3.05, 3.63) is 18.0 Å². The highest BCUT2D eigenvalue weighted by Gasteiger charge is 2.27. The van der Waals surface area contributed by atoms with E-state index in [1.165, 1.54) is 24.8 Å². The Morgan fingerprint density at radius 3 is 3.07 bits per heavy atom. The van der Waals surface area contributed by atoms with Crippen LogP contribution in [0.1, 0.15) is 37.8 Å². The molecule has 0 amide bonds. The van der Waals surface area contributed by atoms with E-state index in [4.69, 9.17) is 0 Å². The number of aryl methyl sites for hydroxylation is 1. The third kappa shape index (κ3) is 1.69. The Morgan fingerprint density at radius 2 is 2.43 bits per heavy atom. The summed E-state index contributed by atoms with van der Waals surface area (Å²) in [5.74, 6) is 0. The average molecular weight is 193 g/mol. The van der Waals surface area contributed by atoms with Crippen LogP contribution in [0.5, 0.6) is 0 Å². The fourth-order valence-electron chi connectivity index (χ4n) is 2.34. The molecule has 1 aromatic rings. The van der Waals surface area contributed by atoms with Crippen LogP contribution >= 0.6 is 0 Å². The lowest BCUT2D eigenvalue weighted by Crippen LogP contribution is -2.31. The molecule has 14 heavy (non-hydrogen) atoms. The van der Waals surface area contributed by atoms with E-state index in [0.717, 1.165) is 6.42 Å². The summed E-state index contributed by atoms with van der Waals surface area (Å²) >= 11 is 0. The highest BCUT2D eigenvalue weighted by molar-refractivity contribution is 5.05. The van der Waals surface area contributed by atoms with E-state index in [1.807, 2.05) is 13.2 Å². The minimum Gasteiger partial charge on any atom is -0.315 e.